The van der Waals surface area contributed by atoms with Crippen LogP contribution in [0.3, 0.4) is 0 Å². The Kier molecular flexibility index (Phi) is 5.71. The summed E-state index contributed by atoms with van der Waals surface area (Å²) in [5.74, 6) is -1.10. The van der Waals surface area contributed by atoms with E-state index in [0.29, 0.717) is 22.0 Å². The van der Waals surface area contributed by atoms with Crippen molar-refractivity contribution in [2.24, 2.45) is 5.10 Å². The van der Waals surface area contributed by atoms with Crippen molar-refractivity contribution in [3.8, 4) is 5.75 Å². The highest BCUT2D eigenvalue weighted by atomic mass is 35.5. The predicted octanol–water partition coefficient (Wildman–Crippen LogP) is 2.44. The van der Waals surface area contributed by atoms with Crippen LogP contribution in [0, 0.1) is 0 Å². The van der Waals surface area contributed by atoms with Crippen LogP contribution in [0.4, 0.5) is 5.69 Å². The van der Waals surface area contributed by atoms with Gasteiger partial charge in [-0.25, -0.2) is 5.43 Å². The zero-order chi connectivity index (χ0) is 16.7. The van der Waals surface area contributed by atoms with Gasteiger partial charge in [0.1, 0.15) is 5.75 Å². The summed E-state index contributed by atoms with van der Waals surface area (Å²) in [5.41, 5.74) is 3.29. The summed E-state index contributed by atoms with van der Waals surface area (Å²) in [4.78, 5) is 23.4. The predicted molar refractivity (Wildman–Crippen MR) is 88.8 cm³/mol. The van der Waals surface area contributed by atoms with Crippen molar-refractivity contribution < 1.29 is 14.3 Å². The molecule has 2 aromatic carbocycles. The number of anilines is 1. The molecule has 0 fully saturated rings. The number of amides is 2. The summed E-state index contributed by atoms with van der Waals surface area (Å²) in [5, 5.41) is 6.71. The van der Waals surface area contributed by atoms with Crippen LogP contribution in [-0.4, -0.2) is 25.1 Å². The largest absolute Gasteiger partial charge is 0.496 e. The van der Waals surface area contributed by atoms with Crippen LogP contribution >= 0.6 is 11.6 Å². The third-order valence-corrected chi connectivity index (χ3v) is 3.07. The van der Waals surface area contributed by atoms with Gasteiger partial charge in [0.15, 0.2) is 0 Å². The molecule has 0 radical (unpaired) electrons. The van der Waals surface area contributed by atoms with Gasteiger partial charge < -0.3 is 10.1 Å². The van der Waals surface area contributed by atoms with Crippen LogP contribution in [0.15, 0.2) is 53.6 Å². The Morgan fingerprint density at radius 3 is 2.48 bits per heavy atom. The van der Waals surface area contributed by atoms with E-state index in [1.165, 1.54) is 13.3 Å². The number of hydrazone groups is 1. The molecule has 0 atom stereocenters. The van der Waals surface area contributed by atoms with Gasteiger partial charge in [-0.15, -0.1) is 0 Å². The number of nitrogens with zero attached hydrogens (tertiary/aromatic N) is 1. The molecule has 0 aromatic heterocycles. The summed E-state index contributed by atoms with van der Waals surface area (Å²) < 4.78 is 5.14. The van der Waals surface area contributed by atoms with Gasteiger partial charge in [0.2, 0.25) is 0 Å². The monoisotopic (exact) mass is 331 g/mol. The molecule has 0 aliphatic carbocycles. The van der Waals surface area contributed by atoms with E-state index < -0.39 is 11.8 Å². The molecule has 23 heavy (non-hydrogen) atoms. The Balaban J connectivity index is 1.92. The van der Waals surface area contributed by atoms with Crippen LogP contribution in [0.25, 0.3) is 0 Å². The van der Waals surface area contributed by atoms with E-state index in [1.807, 2.05) is 6.07 Å². The number of carbonyl (C=O) groups excluding carboxylic acids is 2. The van der Waals surface area contributed by atoms with Gasteiger partial charge in [-0.3, -0.25) is 9.59 Å². The average molecular weight is 332 g/mol. The first-order valence-electron chi connectivity index (χ1n) is 6.63. The van der Waals surface area contributed by atoms with Crippen molar-refractivity contribution in [3.05, 3.63) is 59.1 Å². The average Bonchev–Trinajstić information content (AvgIpc) is 2.57. The molecule has 0 saturated heterocycles. The van der Waals surface area contributed by atoms with Crippen molar-refractivity contribution in [2.45, 2.75) is 0 Å². The van der Waals surface area contributed by atoms with Gasteiger partial charge in [0.25, 0.3) is 0 Å². The molecule has 2 amide bonds. The molecule has 0 spiro atoms. The van der Waals surface area contributed by atoms with Crippen molar-refractivity contribution >= 4 is 35.3 Å². The number of carbonyl (C=O) groups is 2. The summed E-state index contributed by atoms with van der Waals surface area (Å²) >= 11 is 5.74. The molecule has 0 saturated carbocycles. The number of halogens is 1. The number of ether oxygens (including phenoxy) is 1. The molecule has 7 heteroatoms. The second kappa shape index (κ2) is 7.95. The standard InChI is InChI=1S/C16H14ClN3O3/c1-23-14-5-3-2-4-11(14)10-18-20-16(22)15(21)19-13-8-6-12(17)7-9-13/h2-10H,1H3,(H,19,21)(H,20,22)/b18-10+. The lowest BCUT2D eigenvalue weighted by atomic mass is 10.2. The first-order valence-corrected chi connectivity index (χ1v) is 7.01. The fraction of sp³-hybridized carbons (Fsp3) is 0.0625. The molecule has 2 aromatic rings. The first kappa shape index (κ1) is 16.5. The lowest BCUT2D eigenvalue weighted by molar-refractivity contribution is -0.136. The smallest absolute Gasteiger partial charge is 0.329 e. The zero-order valence-corrected chi connectivity index (χ0v) is 13.0. The van der Waals surface area contributed by atoms with Crippen LogP contribution < -0.4 is 15.5 Å². The molecule has 0 aliphatic rings. The van der Waals surface area contributed by atoms with E-state index in [2.05, 4.69) is 15.8 Å². The third kappa shape index (κ3) is 4.82. The van der Waals surface area contributed by atoms with E-state index in [0.717, 1.165) is 0 Å². The molecule has 0 bridgehead atoms. The number of methoxy groups -OCH3 is 1. The Morgan fingerprint density at radius 1 is 1.09 bits per heavy atom. The van der Waals surface area contributed by atoms with E-state index in [-0.39, 0.29) is 0 Å². The molecule has 0 unspecified atom stereocenters. The number of rotatable bonds is 4. The van der Waals surface area contributed by atoms with Crippen molar-refractivity contribution in [1.29, 1.82) is 0 Å². The fourth-order valence-corrected chi connectivity index (χ4v) is 1.83. The number of para-hydroxylation sites is 1. The molecular formula is C16H14ClN3O3. The second-order valence-corrected chi connectivity index (χ2v) is 4.84. The highest BCUT2D eigenvalue weighted by Crippen LogP contribution is 2.14. The number of benzene rings is 2. The van der Waals surface area contributed by atoms with Gasteiger partial charge >= 0.3 is 11.8 Å². The highest BCUT2D eigenvalue weighted by Gasteiger charge is 2.12. The fourth-order valence-electron chi connectivity index (χ4n) is 1.71. The summed E-state index contributed by atoms with van der Waals surface area (Å²) in [6.07, 6.45) is 1.40. The zero-order valence-electron chi connectivity index (χ0n) is 12.2. The quantitative estimate of drug-likeness (QED) is 0.513. The van der Waals surface area contributed by atoms with E-state index >= 15 is 0 Å². The molecule has 0 aliphatic heterocycles. The summed E-state index contributed by atoms with van der Waals surface area (Å²) in [7, 11) is 1.53. The van der Waals surface area contributed by atoms with Crippen LogP contribution in [-0.2, 0) is 9.59 Å². The number of nitrogens with one attached hydrogen (secondary N) is 2. The van der Waals surface area contributed by atoms with Gasteiger partial charge in [0, 0.05) is 16.3 Å². The maximum Gasteiger partial charge on any atom is 0.329 e. The summed E-state index contributed by atoms with van der Waals surface area (Å²) in [6, 6.07) is 13.5. The minimum Gasteiger partial charge on any atom is -0.496 e. The van der Waals surface area contributed by atoms with Crippen LogP contribution in [0.2, 0.25) is 5.02 Å². The molecule has 0 heterocycles. The SMILES string of the molecule is COc1ccccc1/C=N/NC(=O)C(=O)Nc1ccc(Cl)cc1. The third-order valence-electron chi connectivity index (χ3n) is 2.82. The van der Waals surface area contributed by atoms with Crippen LogP contribution in [0.5, 0.6) is 5.75 Å². The van der Waals surface area contributed by atoms with Crippen molar-refractivity contribution in [1.82, 2.24) is 5.43 Å². The summed E-state index contributed by atoms with van der Waals surface area (Å²) in [6.45, 7) is 0. The Bertz CT molecular complexity index is 730. The van der Waals surface area contributed by atoms with Gasteiger partial charge in [0.05, 0.1) is 13.3 Å². The normalized spacial score (nSPS) is 10.3. The Labute approximate surface area is 138 Å². The van der Waals surface area contributed by atoms with Gasteiger partial charge in [-0.2, -0.15) is 5.10 Å². The Hall–Kier alpha value is -2.86. The topological polar surface area (TPSA) is 79.8 Å². The maximum absolute atomic E-state index is 11.7. The van der Waals surface area contributed by atoms with E-state index in [1.54, 1.807) is 42.5 Å². The van der Waals surface area contributed by atoms with E-state index in [4.69, 9.17) is 16.3 Å². The number of hydrogen-bond acceptors (Lipinski definition) is 4. The molecule has 6 nitrogen and oxygen atoms in total. The van der Waals surface area contributed by atoms with Crippen LogP contribution in [0.1, 0.15) is 5.56 Å². The molecular weight excluding hydrogens is 318 g/mol. The van der Waals surface area contributed by atoms with E-state index in [9.17, 15) is 9.59 Å². The molecule has 2 N–H and O–H groups in total. The minimum atomic E-state index is -0.883. The molecule has 118 valence electrons. The highest BCUT2D eigenvalue weighted by molar-refractivity contribution is 6.39. The van der Waals surface area contributed by atoms with Gasteiger partial charge in [-0.1, -0.05) is 23.7 Å². The first-order chi connectivity index (χ1) is 11.1. The molecule has 2 rings (SSSR count). The lowest BCUT2D eigenvalue weighted by Gasteiger charge is -2.04. The van der Waals surface area contributed by atoms with Gasteiger partial charge in [-0.05, 0) is 36.4 Å². The van der Waals surface area contributed by atoms with Crippen molar-refractivity contribution in [2.75, 3.05) is 12.4 Å². The second-order valence-electron chi connectivity index (χ2n) is 4.40. The minimum absolute atomic E-state index is 0.461. The maximum atomic E-state index is 11.7. The Morgan fingerprint density at radius 2 is 1.78 bits per heavy atom. The number of hydrogen-bond donors (Lipinski definition) is 2. The lowest BCUT2D eigenvalue weighted by Crippen LogP contribution is -2.32. The van der Waals surface area contributed by atoms with Crippen molar-refractivity contribution in [3.63, 3.8) is 0 Å².